The third-order valence-corrected chi connectivity index (χ3v) is 4.65. The summed E-state index contributed by atoms with van der Waals surface area (Å²) in [7, 11) is 1.94. The Hall–Kier alpha value is -1.42. The summed E-state index contributed by atoms with van der Waals surface area (Å²) >= 11 is 0. The van der Waals surface area contributed by atoms with E-state index in [-0.39, 0.29) is 11.7 Å². The molecule has 3 nitrogen and oxygen atoms in total. The van der Waals surface area contributed by atoms with Gasteiger partial charge in [0, 0.05) is 19.1 Å². The first-order valence-corrected chi connectivity index (χ1v) is 7.38. The molecule has 2 aliphatic rings. The van der Waals surface area contributed by atoms with Crippen LogP contribution in [0.25, 0.3) is 0 Å². The molecule has 1 heterocycles. The predicted octanol–water partition coefficient (Wildman–Crippen LogP) is 2.07. The molecule has 0 aromatic heterocycles. The van der Waals surface area contributed by atoms with E-state index in [0.717, 1.165) is 44.3 Å². The van der Waals surface area contributed by atoms with Crippen LogP contribution in [-0.4, -0.2) is 37.0 Å². The van der Waals surface area contributed by atoms with E-state index in [1.54, 1.807) is 6.07 Å². The maximum absolute atomic E-state index is 13.4. The molecule has 4 heteroatoms. The second-order valence-electron chi connectivity index (χ2n) is 5.97. The van der Waals surface area contributed by atoms with Crippen LogP contribution in [0.5, 0.6) is 0 Å². The number of piperidine rings is 1. The number of hydrogen-bond donors (Lipinski definition) is 1. The monoisotopic (exact) mass is 276 g/mol. The molecule has 2 fully saturated rings. The minimum atomic E-state index is -0.447. The Kier molecular flexibility index (Phi) is 3.50. The Morgan fingerprint density at radius 3 is 2.90 bits per heavy atom. The summed E-state index contributed by atoms with van der Waals surface area (Å²) in [5.74, 6) is -0.0728. The fraction of sp³-hybridized carbons (Fsp3) is 0.562. The number of halogens is 1. The number of nitrogens with zero attached hydrogens (tertiary/aromatic N) is 1. The van der Waals surface area contributed by atoms with Crippen LogP contribution in [0.1, 0.15) is 31.2 Å². The van der Waals surface area contributed by atoms with Crippen LogP contribution in [0.4, 0.5) is 4.39 Å². The van der Waals surface area contributed by atoms with Crippen LogP contribution in [0.15, 0.2) is 24.3 Å². The number of rotatable bonds is 3. The zero-order chi connectivity index (χ0) is 14.2. The predicted molar refractivity (Wildman–Crippen MR) is 76.0 cm³/mol. The third-order valence-electron chi connectivity index (χ3n) is 4.65. The van der Waals surface area contributed by atoms with Gasteiger partial charge in [-0.15, -0.1) is 0 Å². The molecule has 1 saturated heterocycles. The summed E-state index contributed by atoms with van der Waals surface area (Å²) in [6.07, 6.45) is 3.84. The number of likely N-dealkylation sites (N-methyl/N-ethyl adjacent to an activating group) is 1. The summed E-state index contributed by atoms with van der Waals surface area (Å²) < 4.78 is 13.4. The van der Waals surface area contributed by atoms with Gasteiger partial charge in [-0.2, -0.15) is 0 Å². The molecule has 1 atom stereocenters. The Bertz CT molecular complexity index is 513. The van der Waals surface area contributed by atoms with E-state index in [1.807, 2.05) is 18.0 Å². The molecule has 20 heavy (non-hydrogen) atoms. The van der Waals surface area contributed by atoms with Crippen molar-refractivity contribution in [2.45, 2.75) is 37.1 Å². The van der Waals surface area contributed by atoms with E-state index < -0.39 is 5.41 Å². The van der Waals surface area contributed by atoms with Crippen molar-refractivity contribution in [3.05, 3.63) is 35.6 Å². The summed E-state index contributed by atoms with van der Waals surface area (Å²) in [6.45, 7) is 1.60. The zero-order valence-electron chi connectivity index (χ0n) is 11.9. The number of likely N-dealkylation sites (tertiary alicyclic amines) is 1. The molecular formula is C16H21FN2O. The van der Waals surface area contributed by atoms with Gasteiger partial charge in [0.15, 0.2) is 0 Å². The van der Waals surface area contributed by atoms with Gasteiger partial charge in [0.2, 0.25) is 5.91 Å². The normalized spacial score (nSPS) is 24.5. The van der Waals surface area contributed by atoms with Crippen LogP contribution in [0, 0.1) is 5.82 Å². The molecule has 1 amide bonds. The molecular weight excluding hydrogens is 255 g/mol. The van der Waals surface area contributed by atoms with Crippen molar-refractivity contribution in [1.29, 1.82) is 0 Å². The standard InChI is InChI=1S/C16H21FN2O/c1-18-14-6-3-9-19(11-14)15(20)16(7-8-16)12-4-2-5-13(17)10-12/h2,4-5,10,14,18H,3,6-9,11H2,1H3. The first-order chi connectivity index (χ1) is 9.65. The van der Waals surface area contributed by atoms with Crippen LogP contribution in [0.3, 0.4) is 0 Å². The van der Waals surface area contributed by atoms with Gasteiger partial charge in [-0.05, 0) is 50.4 Å². The Morgan fingerprint density at radius 1 is 1.45 bits per heavy atom. The number of amides is 1. The van der Waals surface area contributed by atoms with Crippen molar-refractivity contribution in [3.8, 4) is 0 Å². The number of carbonyl (C=O) groups excluding carboxylic acids is 1. The molecule has 1 aromatic carbocycles. The van der Waals surface area contributed by atoms with Crippen molar-refractivity contribution in [2.75, 3.05) is 20.1 Å². The fourth-order valence-corrected chi connectivity index (χ4v) is 3.24. The SMILES string of the molecule is CNC1CCCN(C(=O)C2(c3cccc(F)c3)CC2)C1. The summed E-state index contributed by atoms with van der Waals surface area (Å²) in [5, 5.41) is 3.26. The molecule has 108 valence electrons. The van der Waals surface area contributed by atoms with Gasteiger partial charge >= 0.3 is 0 Å². The van der Waals surface area contributed by atoms with Gasteiger partial charge in [-0.3, -0.25) is 4.79 Å². The van der Waals surface area contributed by atoms with E-state index in [4.69, 9.17) is 0 Å². The highest BCUT2D eigenvalue weighted by Gasteiger charge is 2.53. The van der Waals surface area contributed by atoms with E-state index in [2.05, 4.69) is 5.32 Å². The number of carbonyl (C=O) groups is 1. The number of benzene rings is 1. The highest BCUT2D eigenvalue weighted by molar-refractivity contribution is 5.91. The van der Waals surface area contributed by atoms with Crippen molar-refractivity contribution in [2.24, 2.45) is 0 Å². The Morgan fingerprint density at radius 2 is 2.25 bits per heavy atom. The summed E-state index contributed by atoms with van der Waals surface area (Å²) in [4.78, 5) is 14.8. The maximum Gasteiger partial charge on any atom is 0.233 e. The minimum Gasteiger partial charge on any atom is -0.340 e. The molecule has 1 N–H and O–H groups in total. The molecule has 0 spiro atoms. The zero-order valence-corrected chi connectivity index (χ0v) is 11.9. The van der Waals surface area contributed by atoms with E-state index >= 15 is 0 Å². The Labute approximate surface area is 119 Å². The Balaban J connectivity index is 1.79. The van der Waals surface area contributed by atoms with Gasteiger partial charge < -0.3 is 10.2 Å². The molecule has 1 unspecified atom stereocenters. The maximum atomic E-state index is 13.4. The van der Waals surface area contributed by atoms with Crippen molar-refractivity contribution in [3.63, 3.8) is 0 Å². The third kappa shape index (κ3) is 2.33. The lowest BCUT2D eigenvalue weighted by atomic mass is 9.93. The van der Waals surface area contributed by atoms with E-state index in [0.29, 0.717) is 6.04 Å². The molecule has 1 aliphatic carbocycles. The highest BCUT2D eigenvalue weighted by atomic mass is 19.1. The van der Waals surface area contributed by atoms with Crippen LogP contribution in [0.2, 0.25) is 0 Å². The quantitative estimate of drug-likeness (QED) is 0.916. The lowest BCUT2D eigenvalue weighted by Gasteiger charge is -2.35. The lowest BCUT2D eigenvalue weighted by molar-refractivity contribution is -0.135. The van der Waals surface area contributed by atoms with E-state index in [1.165, 1.54) is 12.1 Å². The molecule has 0 bridgehead atoms. The lowest BCUT2D eigenvalue weighted by Crippen LogP contribution is -2.50. The van der Waals surface area contributed by atoms with Crippen LogP contribution < -0.4 is 5.32 Å². The topological polar surface area (TPSA) is 32.3 Å². The molecule has 0 radical (unpaired) electrons. The second-order valence-corrected chi connectivity index (χ2v) is 5.97. The van der Waals surface area contributed by atoms with Gasteiger partial charge in [-0.25, -0.2) is 4.39 Å². The van der Waals surface area contributed by atoms with Crippen molar-refractivity contribution in [1.82, 2.24) is 10.2 Å². The van der Waals surface area contributed by atoms with Crippen LogP contribution in [-0.2, 0) is 10.2 Å². The van der Waals surface area contributed by atoms with Gasteiger partial charge in [0.05, 0.1) is 5.41 Å². The van der Waals surface area contributed by atoms with Gasteiger partial charge in [0.1, 0.15) is 5.82 Å². The number of hydrogen-bond acceptors (Lipinski definition) is 2. The second kappa shape index (κ2) is 5.17. The average Bonchev–Trinajstić information content (AvgIpc) is 3.28. The number of nitrogens with one attached hydrogen (secondary N) is 1. The fourth-order valence-electron chi connectivity index (χ4n) is 3.24. The minimum absolute atomic E-state index is 0.183. The largest absolute Gasteiger partial charge is 0.340 e. The molecule has 3 rings (SSSR count). The van der Waals surface area contributed by atoms with Crippen molar-refractivity contribution >= 4 is 5.91 Å². The summed E-state index contributed by atoms with van der Waals surface area (Å²) in [5.41, 5.74) is 0.395. The van der Waals surface area contributed by atoms with Crippen molar-refractivity contribution < 1.29 is 9.18 Å². The van der Waals surface area contributed by atoms with Gasteiger partial charge in [0.25, 0.3) is 0 Å². The summed E-state index contributed by atoms with van der Waals surface area (Å²) in [6, 6.07) is 6.92. The van der Waals surface area contributed by atoms with Crippen LogP contribution >= 0.6 is 0 Å². The van der Waals surface area contributed by atoms with E-state index in [9.17, 15) is 9.18 Å². The molecule has 1 aliphatic heterocycles. The first kappa shape index (κ1) is 13.6. The first-order valence-electron chi connectivity index (χ1n) is 7.38. The van der Waals surface area contributed by atoms with Gasteiger partial charge in [-0.1, -0.05) is 12.1 Å². The smallest absolute Gasteiger partial charge is 0.233 e. The highest BCUT2D eigenvalue weighted by Crippen LogP contribution is 2.50. The molecule has 1 saturated carbocycles. The average molecular weight is 276 g/mol. The molecule has 1 aromatic rings.